The van der Waals surface area contributed by atoms with E-state index in [1.807, 2.05) is 12.1 Å². The second kappa shape index (κ2) is 11.0. The third-order valence-electron chi connectivity index (χ3n) is 5.58. The summed E-state index contributed by atoms with van der Waals surface area (Å²) in [7, 11) is -2.54. The lowest BCUT2D eigenvalue weighted by Crippen LogP contribution is -2.38. The van der Waals surface area contributed by atoms with Gasteiger partial charge in [-0.3, -0.25) is 9.10 Å². The van der Waals surface area contributed by atoms with E-state index in [1.54, 1.807) is 48.5 Å². The molecule has 0 atom stereocenters. The third kappa shape index (κ3) is 6.05. The van der Waals surface area contributed by atoms with Crippen LogP contribution >= 0.6 is 11.6 Å². The Kier molecular flexibility index (Phi) is 7.80. The number of nitrogens with zero attached hydrogens (tertiary/aromatic N) is 2. The number of nitrogens with one attached hydrogen (secondary N) is 1. The highest BCUT2D eigenvalue weighted by Gasteiger charge is 2.27. The quantitative estimate of drug-likeness (QED) is 0.487. The van der Waals surface area contributed by atoms with Crippen LogP contribution in [0.3, 0.4) is 0 Å². The van der Waals surface area contributed by atoms with Crippen molar-refractivity contribution < 1.29 is 22.7 Å². The molecule has 0 saturated carbocycles. The van der Waals surface area contributed by atoms with E-state index < -0.39 is 22.5 Å². The zero-order valence-electron chi connectivity index (χ0n) is 19.2. The fourth-order valence-electron chi connectivity index (χ4n) is 3.71. The second-order valence-electron chi connectivity index (χ2n) is 7.86. The molecule has 3 aromatic rings. The number of hydrogen-bond donors (Lipinski definition) is 1. The Morgan fingerprint density at radius 2 is 1.63 bits per heavy atom. The molecular weight excluding hydrogens is 490 g/mol. The van der Waals surface area contributed by atoms with E-state index in [9.17, 15) is 13.2 Å². The highest BCUT2D eigenvalue weighted by atomic mass is 35.5. The van der Waals surface area contributed by atoms with E-state index >= 15 is 0 Å². The Bertz CT molecular complexity index is 1240. The SMILES string of the molecule is COc1ccc(S(=O)(=O)N(CC(=O)Nc2ccc(N3CCOCC3)cc2)c2ccc(Cl)cc2)cc1. The summed E-state index contributed by atoms with van der Waals surface area (Å²) in [6.07, 6.45) is 0. The van der Waals surface area contributed by atoms with Crippen molar-refractivity contribution >= 4 is 44.6 Å². The van der Waals surface area contributed by atoms with Crippen molar-refractivity contribution in [2.75, 3.05) is 54.5 Å². The van der Waals surface area contributed by atoms with Crippen LogP contribution in [0.5, 0.6) is 5.75 Å². The third-order valence-corrected chi connectivity index (χ3v) is 7.62. The van der Waals surface area contributed by atoms with Gasteiger partial charge in [-0.05, 0) is 72.8 Å². The number of sulfonamides is 1. The summed E-state index contributed by atoms with van der Waals surface area (Å²) >= 11 is 5.99. The van der Waals surface area contributed by atoms with Gasteiger partial charge < -0.3 is 19.7 Å². The lowest BCUT2D eigenvalue weighted by molar-refractivity contribution is -0.114. The van der Waals surface area contributed by atoms with Gasteiger partial charge >= 0.3 is 0 Å². The normalized spacial score (nSPS) is 13.8. The Morgan fingerprint density at radius 3 is 2.23 bits per heavy atom. The molecule has 4 rings (SSSR count). The maximum absolute atomic E-state index is 13.5. The van der Waals surface area contributed by atoms with Crippen LogP contribution in [-0.2, 0) is 19.6 Å². The van der Waals surface area contributed by atoms with Gasteiger partial charge in [0.2, 0.25) is 5.91 Å². The molecule has 35 heavy (non-hydrogen) atoms. The van der Waals surface area contributed by atoms with Crippen LogP contribution < -0.4 is 19.3 Å². The number of carbonyl (C=O) groups is 1. The smallest absolute Gasteiger partial charge is 0.264 e. The van der Waals surface area contributed by atoms with Gasteiger partial charge in [-0.2, -0.15) is 0 Å². The summed E-state index contributed by atoms with van der Waals surface area (Å²) in [6.45, 7) is 2.57. The Morgan fingerprint density at radius 1 is 1.00 bits per heavy atom. The van der Waals surface area contributed by atoms with Crippen LogP contribution in [0.25, 0.3) is 0 Å². The van der Waals surface area contributed by atoms with E-state index in [4.69, 9.17) is 21.1 Å². The van der Waals surface area contributed by atoms with Gasteiger partial charge in [0, 0.05) is 29.5 Å². The van der Waals surface area contributed by atoms with Crippen LogP contribution in [0.1, 0.15) is 0 Å². The van der Waals surface area contributed by atoms with Gasteiger partial charge in [-0.1, -0.05) is 11.6 Å². The minimum absolute atomic E-state index is 0.0379. The average molecular weight is 516 g/mol. The highest BCUT2D eigenvalue weighted by molar-refractivity contribution is 7.92. The number of carbonyl (C=O) groups excluding carboxylic acids is 1. The number of benzene rings is 3. The first-order valence-electron chi connectivity index (χ1n) is 11.0. The van der Waals surface area contributed by atoms with Gasteiger partial charge in [-0.25, -0.2) is 8.42 Å². The number of anilines is 3. The molecule has 0 spiro atoms. The van der Waals surface area contributed by atoms with E-state index in [2.05, 4.69) is 10.2 Å². The molecule has 1 N–H and O–H groups in total. The van der Waals surface area contributed by atoms with Crippen molar-refractivity contribution in [1.29, 1.82) is 0 Å². The number of methoxy groups -OCH3 is 1. The minimum atomic E-state index is -4.05. The van der Waals surface area contributed by atoms with Crippen molar-refractivity contribution in [3.05, 3.63) is 77.8 Å². The van der Waals surface area contributed by atoms with Crippen molar-refractivity contribution in [2.24, 2.45) is 0 Å². The van der Waals surface area contributed by atoms with Gasteiger partial charge in [0.1, 0.15) is 12.3 Å². The lowest BCUT2D eigenvalue weighted by Gasteiger charge is -2.29. The van der Waals surface area contributed by atoms with Crippen molar-refractivity contribution in [3.63, 3.8) is 0 Å². The topological polar surface area (TPSA) is 88.2 Å². The highest BCUT2D eigenvalue weighted by Crippen LogP contribution is 2.27. The molecule has 184 valence electrons. The predicted octanol–water partition coefficient (Wildman–Crippen LogP) is 4.02. The zero-order valence-corrected chi connectivity index (χ0v) is 20.8. The van der Waals surface area contributed by atoms with Crippen molar-refractivity contribution in [3.8, 4) is 5.75 Å². The van der Waals surface area contributed by atoms with E-state index in [0.717, 1.165) is 23.1 Å². The molecule has 1 amide bonds. The van der Waals surface area contributed by atoms with Gasteiger partial charge in [-0.15, -0.1) is 0 Å². The number of rotatable bonds is 8. The molecule has 1 aliphatic rings. The Hall–Kier alpha value is -3.27. The molecule has 10 heteroatoms. The number of hydrogen-bond acceptors (Lipinski definition) is 6. The van der Waals surface area contributed by atoms with E-state index in [1.165, 1.54) is 19.2 Å². The molecular formula is C25H26ClN3O5S. The first-order chi connectivity index (χ1) is 16.9. The number of ether oxygens (including phenoxy) is 2. The van der Waals surface area contributed by atoms with Gasteiger partial charge in [0.15, 0.2) is 0 Å². The van der Waals surface area contributed by atoms with Gasteiger partial charge in [0.05, 0.1) is 30.9 Å². The number of morpholine rings is 1. The first kappa shape index (κ1) is 24.8. The van der Waals surface area contributed by atoms with Crippen LogP contribution in [0, 0.1) is 0 Å². The molecule has 1 fully saturated rings. The summed E-state index contributed by atoms with van der Waals surface area (Å²) in [4.78, 5) is 15.2. The molecule has 3 aromatic carbocycles. The average Bonchev–Trinajstić information content (AvgIpc) is 2.89. The van der Waals surface area contributed by atoms with E-state index in [-0.39, 0.29) is 4.90 Å². The van der Waals surface area contributed by atoms with Crippen LogP contribution in [0.2, 0.25) is 5.02 Å². The van der Waals surface area contributed by atoms with Crippen LogP contribution in [0.4, 0.5) is 17.1 Å². The summed E-state index contributed by atoms with van der Waals surface area (Å²) < 4.78 is 38.5. The summed E-state index contributed by atoms with van der Waals surface area (Å²) in [5.74, 6) is 0.0522. The molecule has 1 saturated heterocycles. The molecule has 0 radical (unpaired) electrons. The minimum Gasteiger partial charge on any atom is -0.497 e. The van der Waals surface area contributed by atoms with Gasteiger partial charge in [0.25, 0.3) is 10.0 Å². The molecule has 0 aromatic heterocycles. The summed E-state index contributed by atoms with van der Waals surface area (Å²) in [5.41, 5.74) is 1.93. The monoisotopic (exact) mass is 515 g/mol. The molecule has 0 unspecified atom stereocenters. The zero-order chi connectivity index (χ0) is 24.8. The lowest BCUT2D eigenvalue weighted by atomic mass is 10.2. The number of halogens is 1. The predicted molar refractivity (Wildman–Crippen MR) is 137 cm³/mol. The van der Waals surface area contributed by atoms with Crippen molar-refractivity contribution in [2.45, 2.75) is 4.90 Å². The molecule has 1 heterocycles. The Balaban J connectivity index is 1.53. The first-order valence-corrected chi connectivity index (χ1v) is 12.8. The largest absolute Gasteiger partial charge is 0.497 e. The molecule has 0 aliphatic carbocycles. The molecule has 1 aliphatic heterocycles. The van der Waals surface area contributed by atoms with Crippen molar-refractivity contribution in [1.82, 2.24) is 0 Å². The summed E-state index contributed by atoms with van der Waals surface area (Å²) in [5, 5.41) is 3.25. The standard InChI is InChI=1S/C25H26ClN3O5S/c1-33-23-10-12-24(13-11-23)35(31,32)29(22-6-2-19(26)3-7-22)18-25(30)27-20-4-8-21(9-5-20)28-14-16-34-17-15-28/h2-13H,14-18H2,1H3,(H,27,30). The Labute approximate surface area is 210 Å². The maximum Gasteiger partial charge on any atom is 0.264 e. The van der Waals surface area contributed by atoms with E-state index in [0.29, 0.717) is 35.4 Å². The fraction of sp³-hybridized carbons (Fsp3) is 0.240. The van der Waals surface area contributed by atoms with Crippen LogP contribution in [0.15, 0.2) is 77.7 Å². The summed E-state index contributed by atoms with van der Waals surface area (Å²) in [6, 6.07) is 19.7. The fourth-order valence-corrected chi connectivity index (χ4v) is 5.25. The molecule has 0 bridgehead atoms. The molecule has 8 nitrogen and oxygen atoms in total. The number of amides is 1. The second-order valence-corrected chi connectivity index (χ2v) is 10.2. The maximum atomic E-state index is 13.5. The van der Waals surface area contributed by atoms with Crippen LogP contribution in [-0.4, -0.2) is 54.3 Å².